The quantitative estimate of drug-likeness (QED) is 0.177. The Morgan fingerprint density at radius 1 is 0.837 bits per heavy atom. The Labute approximate surface area is 247 Å². The van der Waals surface area contributed by atoms with Gasteiger partial charge < -0.3 is 9.72 Å². The van der Waals surface area contributed by atoms with Crippen molar-refractivity contribution in [2.45, 2.75) is 6.42 Å². The van der Waals surface area contributed by atoms with Gasteiger partial charge in [-0.15, -0.1) is 0 Å². The van der Waals surface area contributed by atoms with E-state index in [0.717, 1.165) is 26.3 Å². The number of halogens is 1. The molecule has 5 aromatic rings. The first-order valence-electron chi connectivity index (χ1n) is 13.7. The van der Waals surface area contributed by atoms with Crippen LogP contribution in [0.5, 0.6) is 5.75 Å². The monoisotopic (exact) mass is 574 g/mol. The maximum absolute atomic E-state index is 14.1. The number of fused-ring (bicyclic) bond motifs is 1. The Balaban J connectivity index is 1.43. The van der Waals surface area contributed by atoms with E-state index in [1.807, 2.05) is 24.4 Å². The highest BCUT2D eigenvalue weighted by atomic mass is 19.1. The third kappa shape index (κ3) is 5.28. The van der Waals surface area contributed by atoms with Crippen LogP contribution in [0.3, 0.4) is 0 Å². The number of rotatable bonds is 8. The highest BCUT2D eigenvalue weighted by Gasteiger charge is 2.49. The van der Waals surface area contributed by atoms with Gasteiger partial charge in [0.15, 0.2) is 5.92 Å². The average molecular weight is 575 g/mol. The van der Waals surface area contributed by atoms with Crippen LogP contribution in [-0.4, -0.2) is 42.2 Å². The number of nitrogens with one attached hydrogen (secondary N) is 1. The summed E-state index contributed by atoms with van der Waals surface area (Å²) in [4.78, 5) is 52.0. The van der Waals surface area contributed by atoms with Crippen molar-refractivity contribution >= 4 is 45.8 Å². The number of hydrogen-bond donors (Lipinski definition) is 1. The Hall–Kier alpha value is -5.57. The molecule has 1 aliphatic rings. The van der Waals surface area contributed by atoms with Gasteiger partial charge in [-0.25, -0.2) is 19.0 Å². The SMILES string of the molecule is COc1ccc2[nH]cc(CCN=C(c3ccc(F)cc3)C3C(=O)N(c4ccccc4)C(=O)N(c4ccccc4)C3=O)c2c1. The number of para-hydroxylation sites is 2. The second kappa shape index (κ2) is 11.7. The first-order valence-corrected chi connectivity index (χ1v) is 13.7. The van der Waals surface area contributed by atoms with E-state index < -0.39 is 29.6 Å². The molecule has 2 heterocycles. The molecule has 1 aliphatic heterocycles. The Kier molecular flexibility index (Phi) is 7.53. The molecule has 1 saturated heterocycles. The zero-order valence-electron chi connectivity index (χ0n) is 23.2. The van der Waals surface area contributed by atoms with Crippen LogP contribution >= 0.6 is 0 Å². The van der Waals surface area contributed by atoms with Crippen molar-refractivity contribution in [3.63, 3.8) is 0 Å². The van der Waals surface area contributed by atoms with Crippen LogP contribution < -0.4 is 14.5 Å². The molecule has 0 radical (unpaired) electrons. The van der Waals surface area contributed by atoms with E-state index >= 15 is 0 Å². The normalized spacial score (nSPS) is 14.6. The lowest BCUT2D eigenvalue weighted by Gasteiger charge is -2.37. The highest BCUT2D eigenvalue weighted by Crippen LogP contribution is 2.31. The smallest absolute Gasteiger partial charge is 0.342 e. The number of carbonyl (C=O) groups excluding carboxylic acids is 3. The predicted octanol–water partition coefficient (Wildman–Crippen LogP) is 6.16. The standard InChI is InChI=1S/C34H27FN4O4/c1-43-27-16-17-29-28(20-27)23(21-37-29)18-19-36-31(22-12-14-24(35)15-13-22)30-32(40)38(25-8-4-2-5-9-25)34(42)39(33(30)41)26-10-6-3-7-11-26/h2-17,20-21,30,37H,18-19H2,1H3. The molecule has 0 aliphatic carbocycles. The van der Waals surface area contributed by atoms with E-state index in [-0.39, 0.29) is 12.3 Å². The van der Waals surface area contributed by atoms with Crippen molar-refractivity contribution in [1.29, 1.82) is 0 Å². The third-order valence-electron chi connectivity index (χ3n) is 7.40. The van der Waals surface area contributed by atoms with Crippen LogP contribution in [-0.2, 0) is 16.0 Å². The van der Waals surface area contributed by atoms with Gasteiger partial charge in [0.2, 0.25) is 0 Å². The molecule has 1 N–H and O–H groups in total. The minimum Gasteiger partial charge on any atom is -0.497 e. The molecule has 43 heavy (non-hydrogen) atoms. The average Bonchev–Trinajstić information content (AvgIpc) is 3.44. The molecule has 4 amide bonds. The first-order chi connectivity index (χ1) is 21.0. The highest BCUT2D eigenvalue weighted by molar-refractivity contribution is 6.43. The van der Waals surface area contributed by atoms with Gasteiger partial charge in [-0.05, 0) is 72.1 Å². The van der Waals surface area contributed by atoms with Gasteiger partial charge in [0.25, 0.3) is 11.8 Å². The van der Waals surface area contributed by atoms with Crippen LogP contribution in [0.1, 0.15) is 11.1 Å². The molecule has 0 atom stereocenters. The molecule has 9 heteroatoms. The zero-order chi connectivity index (χ0) is 29.9. The molecule has 0 unspecified atom stereocenters. The number of nitrogens with zero attached hydrogens (tertiary/aromatic N) is 3. The number of ether oxygens (including phenoxy) is 1. The molecule has 8 nitrogen and oxygen atoms in total. The number of imide groups is 2. The summed E-state index contributed by atoms with van der Waals surface area (Å²) in [5.74, 6) is -2.66. The number of urea groups is 1. The van der Waals surface area contributed by atoms with E-state index in [1.165, 1.54) is 24.3 Å². The van der Waals surface area contributed by atoms with Crippen LogP contribution in [0, 0.1) is 11.7 Å². The van der Waals surface area contributed by atoms with E-state index in [4.69, 9.17) is 9.73 Å². The number of benzene rings is 4. The minimum atomic E-state index is -1.45. The van der Waals surface area contributed by atoms with Crippen molar-refractivity contribution < 1.29 is 23.5 Å². The summed E-state index contributed by atoms with van der Waals surface area (Å²) in [6.45, 7) is 0.221. The van der Waals surface area contributed by atoms with Crippen molar-refractivity contribution in [3.8, 4) is 5.75 Å². The topological polar surface area (TPSA) is 95.1 Å². The summed E-state index contributed by atoms with van der Waals surface area (Å²) < 4.78 is 19.3. The van der Waals surface area contributed by atoms with Gasteiger partial charge in [-0.2, -0.15) is 0 Å². The van der Waals surface area contributed by atoms with Gasteiger partial charge >= 0.3 is 6.03 Å². The molecule has 1 fully saturated rings. The number of anilines is 2. The molecular formula is C34H27FN4O4. The molecule has 0 saturated carbocycles. The molecule has 4 aromatic carbocycles. The number of carbonyl (C=O) groups is 3. The van der Waals surface area contributed by atoms with E-state index in [9.17, 15) is 18.8 Å². The van der Waals surface area contributed by atoms with Gasteiger partial charge in [-0.3, -0.25) is 14.6 Å². The van der Waals surface area contributed by atoms with Gasteiger partial charge in [0.05, 0.1) is 24.2 Å². The number of hydrogen-bond acceptors (Lipinski definition) is 5. The van der Waals surface area contributed by atoms with Crippen molar-refractivity contribution in [2.75, 3.05) is 23.5 Å². The number of aliphatic imine (C=N–C) groups is 1. The van der Waals surface area contributed by atoms with Crippen LogP contribution in [0.4, 0.5) is 20.6 Å². The predicted molar refractivity (Wildman–Crippen MR) is 163 cm³/mol. The first kappa shape index (κ1) is 27.6. The number of aromatic amines is 1. The van der Waals surface area contributed by atoms with Crippen molar-refractivity contribution in [3.05, 3.63) is 126 Å². The summed E-state index contributed by atoms with van der Waals surface area (Å²) in [6.07, 6.45) is 2.37. The number of barbiturate groups is 1. The largest absolute Gasteiger partial charge is 0.497 e. The zero-order valence-corrected chi connectivity index (χ0v) is 23.2. The summed E-state index contributed by atoms with van der Waals surface area (Å²) in [5, 5.41) is 0.971. The number of H-pyrrole nitrogens is 1. The van der Waals surface area contributed by atoms with Gasteiger partial charge in [0.1, 0.15) is 11.6 Å². The maximum Gasteiger partial charge on any atom is 0.342 e. The molecular weight excluding hydrogens is 547 g/mol. The lowest BCUT2D eigenvalue weighted by atomic mass is 9.91. The summed E-state index contributed by atoms with van der Waals surface area (Å²) >= 11 is 0. The maximum atomic E-state index is 14.1. The van der Waals surface area contributed by atoms with Crippen LogP contribution in [0.15, 0.2) is 114 Å². The van der Waals surface area contributed by atoms with Crippen LogP contribution in [0.25, 0.3) is 10.9 Å². The third-order valence-corrected chi connectivity index (χ3v) is 7.40. The molecule has 1 aromatic heterocycles. The Bertz CT molecular complexity index is 1770. The Morgan fingerprint density at radius 2 is 1.44 bits per heavy atom. The van der Waals surface area contributed by atoms with Gasteiger partial charge in [0, 0.05) is 23.6 Å². The lowest BCUT2D eigenvalue weighted by molar-refractivity contribution is -0.129. The van der Waals surface area contributed by atoms with Crippen molar-refractivity contribution in [1.82, 2.24) is 4.98 Å². The Morgan fingerprint density at radius 3 is 2.02 bits per heavy atom. The molecule has 0 bridgehead atoms. The number of aromatic nitrogens is 1. The fraction of sp³-hybridized carbons (Fsp3) is 0.118. The van der Waals surface area contributed by atoms with Gasteiger partial charge in [-0.1, -0.05) is 48.5 Å². The van der Waals surface area contributed by atoms with E-state index in [1.54, 1.807) is 67.8 Å². The van der Waals surface area contributed by atoms with E-state index in [0.29, 0.717) is 29.1 Å². The second-order valence-electron chi connectivity index (χ2n) is 9.98. The minimum absolute atomic E-state index is 0.154. The number of amides is 4. The van der Waals surface area contributed by atoms with Crippen molar-refractivity contribution in [2.24, 2.45) is 10.9 Å². The summed E-state index contributed by atoms with van der Waals surface area (Å²) in [5.41, 5.74) is 3.12. The molecule has 0 spiro atoms. The fourth-order valence-corrected chi connectivity index (χ4v) is 5.27. The number of methoxy groups -OCH3 is 1. The summed E-state index contributed by atoms with van der Waals surface area (Å²) in [6, 6.07) is 27.3. The second-order valence-corrected chi connectivity index (χ2v) is 9.98. The molecule has 214 valence electrons. The summed E-state index contributed by atoms with van der Waals surface area (Å²) in [7, 11) is 1.60. The van der Waals surface area contributed by atoms with E-state index in [2.05, 4.69) is 4.98 Å². The molecule has 6 rings (SSSR count). The fourth-order valence-electron chi connectivity index (χ4n) is 5.27. The van der Waals surface area contributed by atoms with Crippen LogP contribution in [0.2, 0.25) is 0 Å². The lowest BCUT2D eigenvalue weighted by Crippen LogP contribution is -2.62.